The monoisotopic (exact) mass is 638 g/mol. The van der Waals surface area contributed by atoms with Crippen molar-refractivity contribution < 1.29 is 0 Å². The average molecular weight is 639 g/mol. The van der Waals surface area contributed by atoms with E-state index in [1.807, 2.05) is 73.3 Å². The Morgan fingerprint density at radius 1 is 0.240 bits per heavy atom. The van der Waals surface area contributed by atoms with E-state index in [0.717, 1.165) is 56.2 Å². The smallest absolute Gasteiger partial charge is 0.0702 e. The van der Waals surface area contributed by atoms with Gasteiger partial charge < -0.3 is 0 Å². The molecule has 4 aromatic heterocycles. The highest BCUT2D eigenvalue weighted by Gasteiger charge is 2.19. The van der Waals surface area contributed by atoms with E-state index in [-0.39, 0.29) is 0 Å². The summed E-state index contributed by atoms with van der Waals surface area (Å²) in [5.74, 6) is 0. The van der Waals surface area contributed by atoms with Crippen molar-refractivity contribution in [3.63, 3.8) is 0 Å². The highest BCUT2D eigenvalue weighted by atomic mass is 14.7. The molecule has 4 nitrogen and oxygen atoms in total. The molecule has 0 bridgehead atoms. The summed E-state index contributed by atoms with van der Waals surface area (Å²) in [5.41, 5.74) is 12.5. The molecule has 0 fully saturated rings. The quantitative estimate of drug-likeness (QED) is 0.170. The van der Waals surface area contributed by atoms with Crippen LogP contribution in [-0.4, -0.2) is 19.9 Å². The highest BCUT2D eigenvalue weighted by Crippen LogP contribution is 2.46. The van der Waals surface area contributed by atoms with Crippen LogP contribution in [0.2, 0.25) is 0 Å². The van der Waals surface area contributed by atoms with Crippen LogP contribution in [0.25, 0.3) is 88.8 Å². The minimum Gasteiger partial charge on any atom is -0.256 e. The van der Waals surface area contributed by atoms with E-state index < -0.39 is 0 Å². The van der Waals surface area contributed by atoms with Gasteiger partial charge in [-0.3, -0.25) is 19.9 Å². The Balaban J connectivity index is 1.35. The molecule has 5 aromatic carbocycles. The molecular weight excluding hydrogens is 609 g/mol. The number of nitrogens with zero attached hydrogens (tertiary/aromatic N) is 4. The summed E-state index contributed by atoms with van der Waals surface area (Å²) in [6.45, 7) is 0. The Bertz CT molecular complexity index is 2260. The van der Waals surface area contributed by atoms with Crippen LogP contribution in [0.5, 0.6) is 0 Å². The average Bonchev–Trinajstić information content (AvgIpc) is 3.21. The predicted molar refractivity (Wildman–Crippen MR) is 205 cm³/mol. The van der Waals surface area contributed by atoms with Gasteiger partial charge >= 0.3 is 0 Å². The Morgan fingerprint density at radius 3 is 0.720 bits per heavy atom. The molecule has 0 atom stereocenters. The van der Waals surface area contributed by atoms with Gasteiger partial charge in [-0.2, -0.15) is 0 Å². The number of benzene rings is 5. The van der Waals surface area contributed by atoms with Gasteiger partial charge in [-0.15, -0.1) is 0 Å². The molecule has 4 heteroatoms. The molecule has 4 heterocycles. The normalized spacial score (nSPS) is 11.2. The van der Waals surface area contributed by atoms with Gasteiger partial charge in [-0.05, 0) is 129 Å². The van der Waals surface area contributed by atoms with E-state index in [4.69, 9.17) is 19.9 Å². The highest BCUT2D eigenvalue weighted by molar-refractivity contribution is 6.22. The van der Waals surface area contributed by atoms with Crippen LogP contribution in [0.1, 0.15) is 0 Å². The van der Waals surface area contributed by atoms with E-state index >= 15 is 0 Å². The molecule has 0 saturated carbocycles. The van der Waals surface area contributed by atoms with Crippen LogP contribution in [0.15, 0.2) is 183 Å². The fourth-order valence-electron chi connectivity index (χ4n) is 7.02. The molecule has 50 heavy (non-hydrogen) atoms. The van der Waals surface area contributed by atoms with Gasteiger partial charge in [0.15, 0.2) is 0 Å². The Morgan fingerprint density at radius 2 is 0.480 bits per heavy atom. The SMILES string of the molecule is c1ccc(-c2cc(-c3ccccn3)cc(-c3c4ccccc4c(-c4cc(-c5ccccn5)cc(-c5ccccn5)c4)c4ccccc34)c2)nc1. The van der Waals surface area contributed by atoms with Crippen molar-refractivity contribution in [1.82, 2.24) is 19.9 Å². The fraction of sp³-hybridized carbons (Fsp3) is 0. The van der Waals surface area contributed by atoms with Crippen LogP contribution in [-0.2, 0) is 0 Å². The van der Waals surface area contributed by atoms with Crippen LogP contribution >= 0.6 is 0 Å². The van der Waals surface area contributed by atoms with Gasteiger partial charge in [0.2, 0.25) is 0 Å². The first-order valence-electron chi connectivity index (χ1n) is 16.7. The minimum absolute atomic E-state index is 0.921. The van der Waals surface area contributed by atoms with Crippen molar-refractivity contribution in [1.29, 1.82) is 0 Å². The summed E-state index contributed by atoms with van der Waals surface area (Å²) in [6, 6.07) is 55.2. The zero-order valence-electron chi connectivity index (χ0n) is 27.1. The molecule has 0 aliphatic carbocycles. The predicted octanol–water partition coefficient (Wildman–Crippen LogP) is 11.6. The molecule has 9 rings (SSSR count). The molecule has 0 spiro atoms. The van der Waals surface area contributed by atoms with Gasteiger partial charge in [-0.25, -0.2) is 0 Å². The van der Waals surface area contributed by atoms with Gasteiger partial charge in [0.1, 0.15) is 0 Å². The summed E-state index contributed by atoms with van der Waals surface area (Å²) >= 11 is 0. The van der Waals surface area contributed by atoms with Crippen molar-refractivity contribution in [2.45, 2.75) is 0 Å². The van der Waals surface area contributed by atoms with Crippen molar-refractivity contribution in [3.8, 4) is 67.3 Å². The first kappa shape index (κ1) is 29.4. The topological polar surface area (TPSA) is 51.6 Å². The lowest BCUT2D eigenvalue weighted by Gasteiger charge is -2.20. The molecule has 0 radical (unpaired) electrons. The second kappa shape index (κ2) is 12.7. The maximum Gasteiger partial charge on any atom is 0.0702 e. The van der Waals surface area contributed by atoms with Crippen LogP contribution < -0.4 is 0 Å². The maximum atomic E-state index is 4.73. The molecule has 0 aliphatic heterocycles. The zero-order valence-corrected chi connectivity index (χ0v) is 27.1. The van der Waals surface area contributed by atoms with Crippen LogP contribution in [0, 0.1) is 0 Å². The van der Waals surface area contributed by atoms with Crippen LogP contribution in [0.4, 0.5) is 0 Å². The molecule has 0 aliphatic rings. The third kappa shape index (κ3) is 5.39. The number of hydrogen-bond acceptors (Lipinski definition) is 4. The second-order valence-corrected chi connectivity index (χ2v) is 12.3. The summed E-state index contributed by atoms with van der Waals surface area (Å²) in [5, 5.41) is 4.70. The lowest BCUT2D eigenvalue weighted by atomic mass is 9.84. The minimum atomic E-state index is 0.921. The Kier molecular flexibility index (Phi) is 7.45. The first-order valence-corrected chi connectivity index (χ1v) is 16.7. The molecule has 0 unspecified atom stereocenters. The second-order valence-electron chi connectivity index (χ2n) is 12.3. The standard InChI is InChI=1S/C46H30N4/c1-2-14-38-37(13-1)45(35-27-31(41-17-5-9-21-47-41)25-32(28-35)42-18-6-10-22-48-42)39-15-3-4-16-40(39)46(38)36-29-33(43-19-7-11-23-49-43)26-34(30-36)44-20-8-12-24-50-44/h1-30H. The molecule has 0 N–H and O–H groups in total. The lowest BCUT2D eigenvalue weighted by molar-refractivity contribution is 1.31. The first-order chi connectivity index (χ1) is 24.8. The van der Waals surface area contributed by atoms with E-state index in [1.165, 1.54) is 32.7 Å². The van der Waals surface area contributed by atoms with Gasteiger partial charge in [0.05, 0.1) is 22.8 Å². The molecule has 9 aromatic rings. The largest absolute Gasteiger partial charge is 0.256 e. The van der Waals surface area contributed by atoms with E-state index in [0.29, 0.717) is 0 Å². The molecule has 0 saturated heterocycles. The maximum absolute atomic E-state index is 4.73. The third-order valence-corrected chi connectivity index (χ3v) is 9.22. The summed E-state index contributed by atoms with van der Waals surface area (Å²) in [4.78, 5) is 18.9. The van der Waals surface area contributed by atoms with Crippen LogP contribution in [0.3, 0.4) is 0 Å². The molecular formula is C46H30N4. The van der Waals surface area contributed by atoms with Gasteiger partial charge in [0, 0.05) is 47.0 Å². The van der Waals surface area contributed by atoms with E-state index in [2.05, 4.69) is 109 Å². The van der Waals surface area contributed by atoms with Crippen molar-refractivity contribution in [2.24, 2.45) is 0 Å². The number of pyridine rings is 4. The summed E-state index contributed by atoms with van der Waals surface area (Å²) in [7, 11) is 0. The number of fused-ring (bicyclic) bond motifs is 2. The van der Waals surface area contributed by atoms with E-state index in [1.54, 1.807) is 0 Å². The Hall–Kier alpha value is -6.78. The fourth-order valence-corrected chi connectivity index (χ4v) is 7.02. The van der Waals surface area contributed by atoms with Crippen molar-refractivity contribution >= 4 is 21.5 Å². The number of rotatable bonds is 6. The van der Waals surface area contributed by atoms with Gasteiger partial charge in [0.25, 0.3) is 0 Å². The summed E-state index contributed by atoms with van der Waals surface area (Å²) < 4.78 is 0. The molecule has 0 amide bonds. The lowest BCUT2D eigenvalue weighted by Crippen LogP contribution is -1.94. The number of aromatic nitrogens is 4. The Labute approximate surface area is 290 Å². The third-order valence-electron chi connectivity index (χ3n) is 9.22. The van der Waals surface area contributed by atoms with E-state index in [9.17, 15) is 0 Å². The zero-order chi connectivity index (χ0) is 33.3. The molecule has 234 valence electrons. The van der Waals surface area contributed by atoms with Crippen molar-refractivity contribution in [3.05, 3.63) is 183 Å². The summed E-state index contributed by atoms with van der Waals surface area (Å²) in [6.07, 6.45) is 7.39. The van der Waals surface area contributed by atoms with Gasteiger partial charge in [-0.1, -0.05) is 72.8 Å². The number of hydrogen-bond donors (Lipinski definition) is 0. The van der Waals surface area contributed by atoms with Crippen molar-refractivity contribution in [2.75, 3.05) is 0 Å².